The molecule has 0 amide bonds. The molecule has 0 saturated heterocycles. The summed E-state index contributed by atoms with van der Waals surface area (Å²) in [5, 5.41) is 0. The van der Waals surface area contributed by atoms with Crippen molar-refractivity contribution in [3.63, 3.8) is 0 Å². The van der Waals surface area contributed by atoms with Gasteiger partial charge < -0.3 is 4.57 Å². The number of aromatic nitrogens is 2. The Bertz CT molecular complexity index is 206. The molecule has 0 N–H and O–H groups in total. The average molecular weight is 134 g/mol. The van der Waals surface area contributed by atoms with Crippen LogP contribution in [-0.4, -0.2) is 9.55 Å². The lowest BCUT2D eigenvalue weighted by molar-refractivity contribution is 0.655. The largest absolute Gasteiger partial charge is 0.337 e. The molecule has 0 atom stereocenters. The normalized spacial score (nSPS) is 9.10. The second-order valence-corrected chi connectivity index (χ2v) is 2.11. The van der Waals surface area contributed by atoms with Crippen LogP contribution < -0.4 is 0 Å². The number of imidazole rings is 1. The Hall–Kier alpha value is -1.23. The van der Waals surface area contributed by atoms with Gasteiger partial charge in [0, 0.05) is 25.4 Å². The van der Waals surface area contributed by atoms with E-state index in [0.717, 1.165) is 19.4 Å². The minimum atomic E-state index is 0.845. The van der Waals surface area contributed by atoms with Gasteiger partial charge in [-0.1, -0.05) is 0 Å². The second-order valence-electron chi connectivity index (χ2n) is 2.11. The third kappa shape index (κ3) is 1.94. The highest BCUT2D eigenvalue weighted by Crippen LogP contribution is 1.92. The maximum atomic E-state index is 5.09. The van der Waals surface area contributed by atoms with Crippen molar-refractivity contribution in [2.45, 2.75) is 19.4 Å². The molecule has 1 heterocycles. The van der Waals surface area contributed by atoms with Crippen molar-refractivity contribution < 1.29 is 0 Å². The summed E-state index contributed by atoms with van der Waals surface area (Å²) in [6.07, 6.45) is 12.5. The molecule has 2 nitrogen and oxygen atoms in total. The molecule has 0 saturated carbocycles. The van der Waals surface area contributed by atoms with Crippen LogP contribution in [0.4, 0.5) is 0 Å². The first kappa shape index (κ1) is 6.88. The summed E-state index contributed by atoms with van der Waals surface area (Å²) < 4.78 is 2.03. The zero-order chi connectivity index (χ0) is 7.23. The van der Waals surface area contributed by atoms with E-state index in [2.05, 4.69) is 10.9 Å². The molecule has 1 aromatic rings. The molecule has 1 aromatic heterocycles. The Balaban J connectivity index is 2.23. The van der Waals surface area contributed by atoms with Crippen molar-refractivity contribution in [3.8, 4) is 12.3 Å². The molecule has 10 heavy (non-hydrogen) atoms. The highest BCUT2D eigenvalue weighted by Gasteiger charge is 1.86. The number of aryl methyl sites for hydroxylation is 1. The Kier molecular flexibility index (Phi) is 2.57. The SMILES string of the molecule is C#CCCCn1ccnc1. The average Bonchev–Trinajstić information content (AvgIpc) is 2.41. The molecule has 2 heteroatoms. The Morgan fingerprint density at radius 3 is 3.10 bits per heavy atom. The molecular weight excluding hydrogens is 124 g/mol. The van der Waals surface area contributed by atoms with Crippen LogP contribution in [0.2, 0.25) is 0 Å². The van der Waals surface area contributed by atoms with Gasteiger partial charge in [-0.05, 0) is 6.42 Å². The first-order valence-electron chi connectivity index (χ1n) is 3.32. The molecule has 0 unspecified atom stereocenters. The third-order valence-corrected chi connectivity index (χ3v) is 1.30. The lowest BCUT2D eigenvalue weighted by Gasteiger charge is -1.96. The van der Waals surface area contributed by atoms with Crippen LogP contribution in [0.5, 0.6) is 0 Å². The van der Waals surface area contributed by atoms with Crippen molar-refractivity contribution >= 4 is 0 Å². The summed E-state index contributed by atoms with van der Waals surface area (Å²) in [5.74, 6) is 2.60. The first-order chi connectivity index (χ1) is 4.93. The van der Waals surface area contributed by atoms with E-state index in [9.17, 15) is 0 Å². The van der Waals surface area contributed by atoms with Crippen LogP contribution in [0.1, 0.15) is 12.8 Å². The van der Waals surface area contributed by atoms with Gasteiger partial charge in [-0.15, -0.1) is 12.3 Å². The predicted octanol–water partition coefficient (Wildman–Crippen LogP) is 1.30. The molecule has 0 bridgehead atoms. The number of nitrogens with zero attached hydrogens (tertiary/aromatic N) is 2. The van der Waals surface area contributed by atoms with Crippen molar-refractivity contribution in [3.05, 3.63) is 18.7 Å². The minimum absolute atomic E-state index is 0.845. The maximum absolute atomic E-state index is 5.09. The summed E-state index contributed by atoms with van der Waals surface area (Å²) >= 11 is 0. The van der Waals surface area contributed by atoms with Crippen LogP contribution in [0.15, 0.2) is 18.7 Å². The Morgan fingerprint density at radius 1 is 1.60 bits per heavy atom. The Labute approximate surface area is 60.9 Å². The molecule has 0 fully saturated rings. The van der Waals surface area contributed by atoms with Gasteiger partial charge in [-0.25, -0.2) is 4.98 Å². The number of terminal acetylenes is 1. The van der Waals surface area contributed by atoms with E-state index in [1.807, 2.05) is 10.8 Å². The highest BCUT2D eigenvalue weighted by atomic mass is 15.0. The van der Waals surface area contributed by atoms with Gasteiger partial charge in [0.25, 0.3) is 0 Å². The van der Waals surface area contributed by atoms with E-state index < -0.39 is 0 Å². The number of rotatable bonds is 3. The molecular formula is C8H10N2. The van der Waals surface area contributed by atoms with Gasteiger partial charge in [0.1, 0.15) is 0 Å². The molecule has 0 aromatic carbocycles. The van der Waals surface area contributed by atoms with E-state index in [1.165, 1.54) is 0 Å². The smallest absolute Gasteiger partial charge is 0.0945 e. The van der Waals surface area contributed by atoms with E-state index >= 15 is 0 Å². The summed E-state index contributed by atoms with van der Waals surface area (Å²) in [6.45, 7) is 0.976. The van der Waals surface area contributed by atoms with Crippen molar-refractivity contribution in [1.82, 2.24) is 9.55 Å². The number of hydrogen-bond donors (Lipinski definition) is 0. The zero-order valence-electron chi connectivity index (χ0n) is 5.83. The molecule has 0 radical (unpaired) electrons. The topological polar surface area (TPSA) is 17.8 Å². The zero-order valence-corrected chi connectivity index (χ0v) is 5.83. The van der Waals surface area contributed by atoms with Gasteiger partial charge in [-0.3, -0.25) is 0 Å². The lowest BCUT2D eigenvalue weighted by Crippen LogP contribution is -1.92. The van der Waals surface area contributed by atoms with Crippen LogP contribution in [0.25, 0.3) is 0 Å². The summed E-state index contributed by atoms with van der Waals surface area (Å²) in [6, 6.07) is 0. The van der Waals surface area contributed by atoms with Gasteiger partial charge in [0.05, 0.1) is 6.33 Å². The van der Waals surface area contributed by atoms with Gasteiger partial charge in [0.15, 0.2) is 0 Å². The molecule has 52 valence electrons. The third-order valence-electron chi connectivity index (χ3n) is 1.30. The van der Waals surface area contributed by atoms with Gasteiger partial charge >= 0.3 is 0 Å². The maximum Gasteiger partial charge on any atom is 0.0945 e. The van der Waals surface area contributed by atoms with E-state index in [4.69, 9.17) is 6.42 Å². The van der Waals surface area contributed by atoms with E-state index in [1.54, 1.807) is 12.5 Å². The van der Waals surface area contributed by atoms with Gasteiger partial charge in [0.2, 0.25) is 0 Å². The molecule has 0 spiro atoms. The van der Waals surface area contributed by atoms with Crippen molar-refractivity contribution in [1.29, 1.82) is 0 Å². The first-order valence-corrected chi connectivity index (χ1v) is 3.32. The number of hydrogen-bond acceptors (Lipinski definition) is 1. The second kappa shape index (κ2) is 3.73. The van der Waals surface area contributed by atoms with E-state index in [-0.39, 0.29) is 0 Å². The van der Waals surface area contributed by atoms with Crippen LogP contribution in [-0.2, 0) is 6.54 Å². The molecule has 0 aliphatic rings. The molecule has 0 aliphatic heterocycles. The van der Waals surface area contributed by atoms with Crippen LogP contribution >= 0.6 is 0 Å². The fraction of sp³-hybridized carbons (Fsp3) is 0.375. The van der Waals surface area contributed by atoms with Crippen molar-refractivity contribution in [2.24, 2.45) is 0 Å². The quantitative estimate of drug-likeness (QED) is 0.450. The van der Waals surface area contributed by atoms with E-state index in [0.29, 0.717) is 0 Å². The number of unbranched alkanes of at least 4 members (excludes halogenated alkanes) is 1. The summed E-state index contributed by atoms with van der Waals surface area (Å²) in [5.41, 5.74) is 0. The predicted molar refractivity (Wildman–Crippen MR) is 40.3 cm³/mol. The van der Waals surface area contributed by atoms with Gasteiger partial charge in [-0.2, -0.15) is 0 Å². The summed E-state index contributed by atoms with van der Waals surface area (Å²) in [4.78, 5) is 3.91. The van der Waals surface area contributed by atoms with Crippen LogP contribution in [0.3, 0.4) is 0 Å². The van der Waals surface area contributed by atoms with Crippen molar-refractivity contribution in [2.75, 3.05) is 0 Å². The fourth-order valence-corrected chi connectivity index (χ4v) is 0.783. The standard InChI is InChI=1S/C8H10N2/c1-2-3-4-6-10-7-5-9-8-10/h1,5,7-8H,3-4,6H2. The summed E-state index contributed by atoms with van der Waals surface area (Å²) in [7, 11) is 0. The molecule has 1 rings (SSSR count). The molecule has 0 aliphatic carbocycles. The lowest BCUT2D eigenvalue weighted by atomic mass is 10.3. The monoisotopic (exact) mass is 134 g/mol. The fourth-order valence-electron chi connectivity index (χ4n) is 0.783. The minimum Gasteiger partial charge on any atom is -0.337 e. The highest BCUT2D eigenvalue weighted by molar-refractivity contribution is 4.83. The Morgan fingerprint density at radius 2 is 2.50 bits per heavy atom. The van der Waals surface area contributed by atoms with Crippen LogP contribution in [0, 0.1) is 12.3 Å².